The lowest BCUT2D eigenvalue weighted by molar-refractivity contribution is 0.0647. The number of hydrogen-bond donors (Lipinski definition) is 2. The number of nitrogens with one attached hydrogen (secondary N) is 2. The highest BCUT2D eigenvalue weighted by molar-refractivity contribution is 8.01. The smallest absolute Gasteiger partial charge is 0.273 e. The molecule has 2 N–H and O–H groups in total. The molecular weight excluding hydrogens is 610 g/mol. The summed E-state index contributed by atoms with van der Waals surface area (Å²) in [6, 6.07) is 19.0. The van der Waals surface area contributed by atoms with E-state index in [-0.39, 0.29) is 23.0 Å². The Bertz CT molecular complexity index is 1820. The highest BCUT2D eigenvalue weighted by atomic mass is 32.2. The molecule has 2 amide bonds. The average Bonchev–Trinajstić information content (AvgIpc) is 3.69. The number of piperidine rings is 1. The van der Waals surface area contributed by atoms with E-state index >= 15 is 4.39 Å². The monoisotopic (exact) mass is 641 g/mol. The highest BCUT2D eigenvalue weighted by Gasteiger charge is 2.38. The summed E-state index contributed by atoms with van der Waals surface area (Å²) in [6.07, 6.45) is 7.98. The summed E-state index contributed by atoms with van der Waals surface area (Å²) in [5.41, 5.74) is 2.12. The van der Waals surface area contributed by atoms with Gasteiger partial charge in [-0.3, -0.25) is 9.59 Å². The number of hydrogen-bond acceptors (Lipinski definition) is 8. The Morgan fingerprint density at radius 1 is 1.02 bits per heavy atom. The van der Waals surface area contributed by atoms with Crippen molar-refractivity contribution in [1.82, 2.24) is 29.7 Å². The van der Waals surface area contributed by atoms with Crippen LogP contribution in [0.25, 0.3) is 0 Å². The lowest BCUT2D eigenvalue weighted by Crippen LogP contribution is -2.50. The van der Waals surface area contributed by atoms with Gasteiger partial charge in [0.2, 0.25) is 0 Å². The van der Waals surface area contributed by atoms with Crippen molar-refractivity contribution < 1.29 is 14.0 Å². The lowest BCUT2D eigenvalue weighted by atomic mass is 9.72. The van der Waals surface area contributed by atoms with E-state index < -0.39 is 17.1 Å². The van der Waals surface area contributed by atoms with Gasteiger partial charge in [-0.15, -0.1) is 0 Å². The number of aromatic nitrogens is 4. The molecule has 1 aliphatic heterocycles. The number of halogens is 1. The molecule has 0 atom stereocenters. The number of pyridine rings is 2. The van der Waals surface area contributed by atoms with Crippen LogP contribution in [0.1, 0.15) is 44.9 Å². The van der Waals surface area contributed by atoms with Crippen LogP contribution < -0.4 is 10.6 Å². The average molecular weight is 642 g/mol. The molecule has 0 saturated carbocycles. The SMILES string of the molecule is Cc1ccnc(Nc2ncc(Sc3ccnc(C(=O)NCC4(c5ccccc5)CCN(C(=O)c5cccn5C)CC4)c3F)s2)c1. The lowest BCUT2D eigenvalue weighted by Gasteiger charge is -2.42. The fourth-order valence-corrected chi connectivity index (χ4v) is 7.39. The zero-order chi connectivity index (χ0) is 31.4. The fourth-order valence-electron chi connectivity index (χ4n) is 5.53. The number of carbonyl (C=O) groups is 2. The summed E-state index contributed by atoms with van der Waals surface area (Å²) in [7, 11) is 1.86. The number of rotatable bonds is 9. The van der Waals surface area contributed by atoms with E-state index in [4.69, 9.17) is 0 Å². The Labute approximate surface area is 268 Å². The topological polar surface area (TPSA) is 105 Å². The summed E-state index contributed by atoms with van der Waals surface area (Å²) < 4.78 is 18.2. The van der Waals surface area contributed by atoms with E-state index in [1.54, 1.807) is 18.5 Å². The Kier molecular flexibility index (Phi) is 8.95. The van der Waals surface area contributed by atoms with E-state index in [9.17, 15) is 9.59 Å². The molecule has 45 heavy (non-hydrogen) atoms. The number of nitrogens with zero attached hydrogens (tertiary/aromatic N) is 5. The molecule has 0 aliphatic carbocycles. The van der Waals surface area contributed by atoms with Gasteiger partial charge in [-0.2, -0.15) is 0 Å². The molecule has 12 heteroatoms. The Balaban J connectivity index is 1.13. The van der Waals surface area contributed by atoms with Crippen LogP contribution in [0.15, 0.2) is 94.6 Å². The highest BCUT2D eigenvalue weighted by Crippen LogP contribution is 2.37. The second kappa shape index (κ2) is 13.2. The van der Waals surface area contributed by atoms with Gasteiger partial charge in [0.05, 0.1) is 15.3 Å². The van der Waals surface area contributed by atoms with Crippen LogP contribution in [0.4, 0.5) is 15.3 Å². The molecular formula is C33H32FN7O2S2. The molecule has 5 aromatic rings. The number of benzene rings is 1. The molecule has 1 saturated heterocycles. The predicted molar refractivity (Wildman–Crippen MR) is 174 cm³/mol. The van der Waals surface area contributed by atoms with Gasteiger partial charge in [-0.1, -0.05) is 53.4 Å². The molecule has 1 fully saturated rings. The van der Waals surface area contributed by atoms with E-state index in [1.807, 2.05) is 84.2 Å². The summed E-state index contributed by atoms with van der Waals surface area (Å²) in [6.45, 7) is 3.35. The second-order valence-corrected chi connectivity index (χ2v) is 13.4. The first-order valence-electron chi connectivity index (χ1n) is 14.5. The van der Waals surface area contributed by atoms with Crippen molar-refractivity contribution in [3.8, 4) is 0 Å². The molecule has 5 heterocycles. The molecule has 4 aromatic heterocycles. The molecule has 0 unspecified atom stereocenters. The van der Waals surface area contributed by atoms with E-state index in [0.717, 1.165) is 15.3 Å². The number of likely N-dealkylation sites (tertiary alicyclic amines) is 1. The molecule has 230 valence electrons. The van der Waals surface area contributed by atoms with Crippen molar-refractivity contribution in [2.24, 2.45) is 7.05 Å². The first kappa shape index (κ1) is 30.5. The van der Waals surface area contributed by atoms with Crippen molar-refractivity contribution >= 4 is 45.9 Å². The van der Waals surface area contributed by atoms with Crippen molar-refractivity contribution in [1.29, 1.82) is 0 Å². The quantitative estimate of drug-likeness (QED) is 0.197. The van der Waals surface area contributed by atoms with Gasteiger partial charge >= 0.3 is 0 Å². The summed E-state index contributed by atoms with van der Waals surface area (Å²) >= 11 is 2.55. The van der Waals surface area contributed by atoms with Crippen molar-refractivity contribution in [3.05, 3.63) is 114 Å². The van der Waals surface area contributed by atoms with Gasteiger partial charge in [0, 0.05) is 50.7 Å². The van der Waals surface area contributed by atoms with Crippen molar-refractivity contribution in [3.63, 3.8) is 0 Å². The largest absolute Gasteiger partial charge is 0.350 e. The number of anilines is 2. The van der Waals surface area contributed by atoms with Crippen LogP contribution in [0.5, 0.6) is 0 Å². The van der Waals surface area contributed by atoms with Crippen LogP contribution in [0.2, 0.25) is 0 Å². The minimum atomic E-state index is -0.681. The third kappa shape index (κ3) is 6.76. The second-order valence-electron chi connectivity index (χ2n) is 11.0. The maximum absolute atomic E-state index is 15.7. The minimum absolute atomic E-state index is 0.00976. The fraction of sp³-hybridized carbons (Fsp3) is 0.242. The Morgan fingerprint density at radius 2 is 1.80 bits per heavy atom. The molecule has 9 nitrogen and oxygen atoms in total. The van der Waals surface area contributed by atoms with Gasteiger partial charge in [-0.05, 0) is 61.2 Å². The zero-order valence-electron chi connectivity index (χ0n) is 24.9. The number of amides is 2. The maximum Gasteiger partial charge on any atom is 0.273 e. The third-order valence-corrected chi connectivity index (χ3v) is 10.1. The minimum Gasteiger partial charge on any atom is -0.350 e. The Hall–Kier alpha value is -4.55. The zero-order valence-corrected chi connectivity index (χ0v) is 26.5. The van der Waals surface area contributed by atoms with Crippen molar-refractivity contribution in [2.75, 3.05) is 25.0 Å². The Morgan fingerprint density at radius 3 is 2.53 bits per heavy atom. The van der Waals surface area contributed by atoms with Gasteiger partial charge in [0.15, 0.2) is 16.6 Å². The first-order valence-corrected chi connectivity index (χ1v) is 16.2. The van der Waals surface area contributed by atoms with Crippen LogP contribution in [-0.4, -0.2) is 55.9 Å². The normalized spacial score (nSPS) is 14.2. The standard InChI is InChI=1S/C33H32FN7O2S2/c1-22-10-14-35-26(19-22)39-32-37-20-27(45-32)44-25-11-15-36-29(28(25)34)30(42)38-21-33(23-7-4-3-5-8-23)12-17-41(18-13-33)31(43)24-9-6-16-40(24)2/h3-11,14-16,19-20H,12-13,17-18,21H2,1-2H3,(H,38,42)(H,35,37,39). The van der Waals surface area contributed by atoms with Gasteiger partial charge in [0.25, 0.3) is 11.8 Å². The van der Waals surface area contributed by atoms with Gasteiger partial charge in [-0.25, -0.2) is 19.3 Å². The van der Waals surface area contributed by atoms with Crippen LogP contribution in [0, 0.1) is 12.7 Å². The van der Waals surface area contributed by atoms with Crippen LogP contribution in [-0.2, 0) is 12.5 Å². The summed E-state index contributed by atoms with van der Waals surface area (Å²) in [5, 5.41) is 6.77. The van der Waals surface area contributed by atoms with Crippen LogP contribution >= 0.6 is 23.1 Å². The predicted octanol–water partition coefficient (Wildman–Crippen LogP) is 6.22. The molecule has 6 rings (SSSR count). The third-order valence-electron chi connectivity index (χ3n) is 8.06. The van der Waals surface area contributed by atoms with Gasteiger partial charge in [0.1, 0.15) is 11.5 Å². The number of carbonyl (C=O) groups excluding carboxylic acids is 2. The van der Waals surface area contributed by atoms with E-state index in [1.165, 1.54) is 29.3 Å². The van der Waals surface area contributed by atoms with E-state index in [0.29, 0.717) is 42.6 Å². The molecule has 0 spiro atoms. The molecule has 1 aromatic carbocycles. The molecule has 0 bridgehead atoms. The molecule has 0 radical (unpaired) electrons. The van der Waals surface area contributed by atoms with Crippen molar-refractivity contribution in [2.45, 2.75) is 34.3 Å². The van der Waals surface area contributed by atoms with Crippen LogP contribution in [0.3, 0.4) is 0 Å². The summed E-state index contributed by atoms with van der Waals surface area (Å²) in [5.74, 6) is -0.592. The first-order chi connectivity index (χ1) is 21.8. The number of aryl methyl sites for hydroxylation is 2. The molecule has 1 aliphatic rings. The van der Waals surface area contributed by atoms with E-state index in [2.05, 4.69) is 25.6 Å². The summed E-state index contributed by atoms with van der Waals surface area (Å²) in [4.78, 5) is 41.4. The maximum atomic E-state index is 15.7. The van der Waals surface area contributed by atoms with Gasteiger partial charge < -0.3 is 20.1 Å². The number of thiazole rings is 1.